The summed E-state index contributed by atoms with van der Waals surface area (Å²) >= 11 is 0. The number of nitrogens with one attached hydrogen (secondary N) is 1. The van der Waals surface area contributed by atoms with Gasteiger partial charge in [-0.3, -0.25) is 19.5 Å². The van der Waals surface area contributed by atoms with Gasteiger partial charge in [0.1, 0.15) is 5.82 Å². The maximum absolute atomic E-state index is 12.8. The van der Waals surface area contributed by atoms with Crippen molar-refractivity contribution in [3.63, 3.8) is 0 Å². The quantitative estimate of drug-likeness (QED) is 0.508. The van der Waals surface area contributed by atoms with Gasteiger partial charge in [0.05, 0.1) is 33.9 Å². The van der Waals surface area contributed by atoms with E-state index in [1.807, 2.05) is 36.5 Å². The Hall–Kier alpha value is -3.54. The highest BCUT2D eigenvalue weighted by Crippen LogP contribution is 2.37. The molecule has 1 aliphatic heterocycles. The smallest absolute Gasteiger partial charge is 0.261 e. The minimum absolute atomic E-state index is 0.0412. The Morgan fingerprint density at radius 3 is 2.27 bits per heavy atom. The molecule has 30 heavy (non-hydrogen) atoms. The minimum Gasteiger partial charge on any atom is -0.340 e. The molecule has 2 aromatic heterocycles. The molecule has 1 N–H and O–H groups in total. The molecule has 1 saturated carbocycles. The Balaban J connectivity index is 1.24. The molecule has 0 atom stereocenters. The van der Waals surface area contributed by atoms with E-state index in [-0.39, 0.29) is 17.9 Å². The number of nitrogens with zero attached hydrogens (tertiary/aromatic N) is 3. The molecule has 0 bridgehead atoms. The number of aromatic amines is 1. The predicted molar refractivity (Wildman–Crippen MR) is 113 cm³/mol. The van der Waals surface area contributed by atoms with E-state index in [4.69, 9.17) is 4.98 Å². The number of pyridine rings is 1. The summed E-state index contributed by atoms with van der Waals surface area (Å²) in [5.41, 5.74) is 3.91. The van der Waals surface area contributed by atoms with Gasteiger partial charge in [0.25, 0.3) is 11.8 Å². The molecule has 0 spiro atoms. The molecule has 4 aromatic rings. The van der Waals surface area contributed by atoms with Gasteiger partial charge in [-0.2, -0.15) is 0 Å². The standard InChI is InChI=1S/C24H20N4O2/c29-23-16-5-1-2-6-17(16)24(30)28(23)15-11-9-14(10-12-15)22-26-20-13-25-19-8-4-3-7-18(19)21(20)27-22/h1-8,13-15H,9-12H2,(H,26,27). The van der Waals surface area contributed by atoms with Crippen LogP contribution in [0.5, 0.6) is 0 Å². The maximum Gasteiger partial charge on any atom is 0.261 e. The largest absolute Gasteiger partial charge is 0.340 e. The van der Waals surface area contributed by atoms with Gasteiger partial charge in [-0.15, -0.1) is 0 Å². The first-order chi connectivity index (χ1) is 14.7. The molecule has 0 saturated heterocycles. The van der Waals surface area contributed by atoms with Crippen molar-refractivity contribution in [3.05, 3.63) is 71.7 Å². The first kappa shape index (κ1) is 17.3. The lowest BCUT2D eigenvalue weighted by molar-refractivity contribution is 0.0541. The number of H-pyrrole nitrogens is 1. The average molecular weight is 396 g/mol. The fraction of sp³-hybridized carbons (Fsp3) is 0.250. The molecule has 2 amide bonds. The number of benzene rings is 2. The van der Waals surface area contributed by atoms with Gasteiger partial charge < -0.3 is 4.98 Å². The highest BCUT2D eigenvalue weighted by molar-refractivity contribution is 6.21. The molecule has 0 radical (unpaired) electrons. The number of imidazole rings is 1. The number of imide groups is 1. The Morgan fingerprint density at radius 1 is 0.867 bits per heavy atom. The number of rotatable bonds is 2. The Bertz CT molecular complexity index is 1280. The average Bonchev–Trinajstić information content (AvgIpc) is 3.34. The summed E-state index contributed by atoms with van der Waals surface area (Å²) in [7, 11) is 0. The fourth-order valence-electron chi connectivity index (χ4n) is 4.97. The molecule has 6 heteroatoms. The van der Waals surface area contributed by atoms with Crippen molar-refractivity contribution in [2.45, 2.75) is 37.6 Å². The van der Waals surface area contributed by atoms with E-state index < -0.39 is 0 Å². The van der Waals surface area contributed by atoms with Crippen molar-refractivity contribution in [2.24, 2.45) is 0 Å². The summed E-state index contributed by atoms with van der Waals surface area (Å²) < 4.78 is 0. The summed E-state index contributed by atoms with van der Waals surface area (Å²) in [6.45, 7) is 0. The number of aromatic nitrogens is 3. The van der Waals surface area contributed by atoms with Crippen LogP contribution in [-0.4, -0.2) is 37.7 Å². The number of carbonyl (C=O) groups is 2. The Morgan fingerprint density at radius 2 is 1.53 bits per heavy atom. The third-order valence-electron chi connectivity index (χ3n) is 6.52. The van der Waals surface area contributed by atoms with E-state index in [1.54, 1.807) is 12.1 Å². The first-order valence-corrected chi connectivity index (χ1v) is 10.4. The molecule has 3 heterocycles. The van der Waals surface area contributed by atoms with E-state index in [0.29, 0.717) is 17.0 Å². The van der Waals surface area contributed by atoms with Crippen molar-refractivity contribution in [3.8, 4) is 0 Å². The second-order valence-electron chi connectivity index (χ2n) is 8.19. The first-order valence-electron chi connectivity index (χ1n) is 10.4. The van der Waals surface area contributed by atoms with Crippen LogP contribution < -0.4 is 0 Å². The Labute approximate surface area is 172 Å². The lowest BCUT2D eigenvalue weighted by Crippen LogP contribution is -2.41. The van der Waals surface area contributed by atoms with Crippen LogP contribution in [-0.2, 0) is 0 Å². The topological polar surface area (TPSA) is 79.0 Å². The minimum atomic E-state index is -0.152. The van der Waals surface area contributed by atoms with Crippen LogP contribution in [0.15, 0.2) is 54.7 Å². The third kappa shape index (κ3) is 2.49. The van der Waals surface area contributed by atoms with E-state index in [1.165, 1.54) is 4.90 Å². The second-order valence-corrected chi connectivity index (χ2v) is 8.19. The summed E-state index contributed by atoms with van der Waals surface area (Å²) in [5.74, 6) is 0.965. The molecule has 148 valence electrons. The summed E-state index contributed by atoms with van der Waals surface area (Å²) in [6.07, 6.45) is 5.23. The lowest BCUT2D eigenvalue weighted by Gasteiger charge is -2.32. The van der Waals surface area contributed by atoms with Crippen LogP contribution >= 0.6 is 0 Å². The van der Waals surface area contributed by atoms with Crippen LogP contribution in [0.25, 0.3) is 21.9 Å². The number of fused-ring (bicyclic) bond motifs is 4. The molecule has 0 unspecified atom stereocenters. The zero-order valence-electron chi connectivity index (χ0n) is 16.3. The SMILES string of the molecule is O=C1c2ccccc2C(=O)N1C1CCC(c2nc3c(cnc4ccccc43)[nH]2)CC1. The van der Waals surface area contributed by atoms with Gasteiger partial charge in [-0.25, -0.2) is 4.98 Å². The molecule has 2 aliphatic rings. The van der Waals surface area contributed by atoms with Gasteiger partial charge in [0, 0.05) is 17.3 Å². The van der Waals surface area contributed by atoms with Crippen LogP contribution in [0.3, 0.4) is 0 Å². The molecule has 1 fully saturated rings. The summed E-state index contributed by atoms with van der Waals surface area (Å²) in [4.78, 5) is 39.9. The molecule has 6 rings (SSSR count). The number of carbonyl (C=O) groups excluding carboxylic acids is 2. The van der Waals surface area contributed by atoms with Gasteiger partial charge in [0.2, 0.25) is 0 Å². The van der Waals surface area contributed by atoms with Gasteiger partial charge in [-0.05, 0) is 43.9 Å². The van der Waals surface area contributed by atoms with Crippen molar-refractivity contribution < 1.29 is 9.59 Å². The summed E-state index contributed by atoms with van der Waals surface area (Å²) in [6, 6.07) is 15.1. The van der Waals surface area contributed by atoms with Gasteiger partial charge >= 0.3 is 0 Å². The monoisotopic (exact) mass is 396 g/mol. The van der Waals surface area contributed by atoms with E-state index in [2.05, 4.69) is 16.0 Å². The van der Waals surface area contributed by atoms with Crippen molar-refractivity contribution in [1.82, 2.24) is 19.9 Å². The van der Waals surface area contributed by atoms with Gasteiger partial charge in [-0.1, -0.05) is 30.3 Å². The Kier molecular flexibility index (Phi) is 3.75. The second kappa shape index (κ2) is 6.49. The van der Waals surface area contributed by atoms with E-state index in [9.17, 15) is 9.59 Å². The van der Waals surface area contributed by atoms with Crippen molar-refractivity contribution >= 4 is 33.8 Å². The highest BCUT2D eigenvalue weighted by Gasteiger charge is 2.41. The zero-order valence-corrected chi connectivity index (χ0v) is 16.3. The highest BCUT2D eigenvalue weighted by atomic mass is 16.2. The fourth-order valence-corrected chi connectivity index (χ4v) is 4.97. The van der Waals surface area contributed by atoms with Crippen LogP contribution in [0, 0.1) is 0 Å². The number of amides is 2. The van der Waals surface area contributed by atoms with Crippen LogP contribution in [0.2, 0.25) is 0 Å². The molecule has 2 aromatic carbocycles. The van der Waals surface area contributed by atoms with E-state index in [0.717, 1.165) is 53.4 Å². The molecule has 1 aliphatic carbocycles. The molecular weight excluding hydrogens is 376 g/mol. The van der Waals surface area contributed by atoms with Gasteiger partial charge in [0.15, 0.2) is 0 Å². The van der Waals surface area contributed by atoms with Crippen molar-refractivity contribution in [1.29, 1.82) is 0 Å². The third-order valence-corrected chi connectivity index (χ3v) is 6.52. The van der Waals surface area contributed by atoms with E-state index >= 15 is 0 Å². The lowest BCUT2D eigenvalue weighted by atomic mass is 9.85. The van der Waals surface area contributed by atoms with Crippen molar-refractivity contribution in [2.75, 3.05) is 0 Å². The maximum atomic E-state index is 12.8. The molecular formula is C24H20N4O2. The van der Waals surface area contributed by atoms with Crippen LogP contribution in [0.4, 0.5) is 0 Å². The number of para-hydroxylation sites is 1. The van der Waals surface area contributed by atoms with Crippen LogP contribution in [0.1, 0.15) is 58.1 Å². The predicted octanol–water partition coefficient (Wildman–Crippen LogP) is 4.43. The molecule has 6 nitrogen and oxygen atoms in total. The summed E-state index contributed by atoms with van der Waals surface area (Å²) in [5, 5.41) is 1.05. The number of hydrogen-bond acceptors (Lipinski definition) is 4. The zero-order chi connectivity index (χ0) is 20.2. The normalized spacial score (nSPS) is 21.5. The number of hydrogen-bond donors (Lipinski definition) is 1.